The molecule has 0 saturated carbocycles. The zero-order chi connectivity index (χ0) is 32.5. The molecule has 0 unspecified atom stereocenters. The lowest BCUT2D eigenvalue weighted by atomic mass is 9.89. The van der Waals surface area contributed by atoms with Crippen molar-refractivity contribution in [1.82, 2.24) is 4.90 Å². The van der Waals surface area contributed by atoms with Crippen LogP contribution in [0.25, 0.3) is 0 Å². The van der Waals surface area contributed by atoms with Crippen LogP contribution in [0.3, 0.4) is 0 Å². The molecule has 240 valence electrons. The van der Waals surface area contributed by atoms with Crippen molar-refractivity contribution in [2.45, 2.75) is 19.8 Å². The molecule has 0 heterocycles. The lowest BCUT2D eigenvalue weighted by Gasteiger charge is -2.25. The summed E-state index contributed by atoms with van der Waals surface area (Å²) in [6.45, 7) is 10.7. The van der Waals surface area contributed by atoms with Crippen LogP contribution in [-0.2, 0) is 36.6 Å². The highest BCUT2D eigenvalue weighted by Gasteiger charge is 2.28. The van der Waals surface area contributed by atoms with Gasteiger partial charge in [0, 0.05) is 38.9 Å². The maximum absolute atomic E-state index is 14.3. The fraction of sp³-hybridized carbons (Fsp3) is 0.424. The van der Waals surface area contributed by atoms with E-state index in [9.17, 15) is 14.4 Å². The molecule has 2 aromatic carbocycles. The largest absolute Gasteiger partial charge is 0.493 e. The Morgan fingerprint density at radius 1 is 0.795 bits per heavy atom. The zero-order valence-corrected chi connectivity index (χ0v) is 26.3. The molecule has 2 rings (SSSR count). The smallest absolute Gasteiger partial charge is 0.343 e. The number of benzene rings is 2. The minimum Gasteiger partial charge on any atom is -0.493 e. The van der Waals surface area contributed by atoms with Crippen molar-refractivity contribution in [2.24, 2.45) is 0 Å². The summed E-state index contributed by atoms with van der Waals surface area (Å²) in [7, 11) is 5.81. The first-order valence-electron chi connectivity index (χ1n) is 14.1. The Bertz CT molecular complexity index is 1280. The molecule has 0 atom stereocenters. The van der Waals surface area contributed by atoms with Crippen molar-refractivity contribution in [2.75, 3.05) is 74.6 Å². The summed E-state index contributed by atoms with van der Waals surface area (Å²) in [6.07, 6.45) is 3.54. The third-order valence-corrected chi connectivity index (χ3v) is 6.58. The summed E-state index contributed by atoms with van der Waals surface area (Å²) < 4.78 is 38.0. The number of nitrogens with zero attached hydrogens (tertiary/aromatic N) is 1. The predicted octanol–water partition coefficient (Wildman–Crippen LogP) is 3.83. The van der Waals surface area contributed by atoms with Gasteiger partial charge in [-0.1, -0.05) is 32.2 Å². The summed E-state index contributed by atoms with van der Waals surface area (Å²) in [5.41, 5.74) is 1.64. The highest BCUT2D eigenvalue weighted by atomic mass is 16.6. The number of rotatable bonds is 21. The average molecular weight is 614 g/mol. The first-order chi connectivity index (χ1) is 21.3. The van der Waals surface area contributed by atoms with Crippen LogP contribution in [0.5, 0.6) is 23.0 Å². The minimum atomic E-state index is -0.568. The monoisotopic (exact) mass is 613 g/mol. The number of hydrogen-bond donors (Lipinski definition) is 0. The molecule has 11 nitrogen and oxygen atoms in total. The van der Waals surface area contributed by atoms with E-state index >= 15 is 0 Å². The molecule has 11 heteroatoms. The second-order valence-electron chi connectivity index (χ2n) is 9.36. The van der Waals surface area contributed by atoms with Gasteiger partial charge < -0.3 is 38.1 Å². The highest BCUT2D eigenvalue weighted by molar-refractivity contribution is 6.13. The van der Waals surface area contributed by atoms with Crippen LogP contribution < -0.4 is 18.9 Å². The molecule has 44 heavy (non-hydrogen) atoms. The number of amides is 1. The molecule has 0 fully saturated rings. The van der Waals surface area contributed by atoms with E-state index in [1.807, 2.05) is 6.92 Å². The standard InChI is InChI=1S/C33H43NO10/c1-8-15-42-27-21-29(43-16-9-2)32(25(24(27)10-3)20-30(35)34(13-17-38-4)14-18-39-5)33(37)23-11-12-26(28(19-23)40-6)44-22-31(36)41-7/h8-9,11-12,19,21H,1-2,10,13-18,20,22H2,3-7H3. The number of hydrogen-bond acceptors (Lipinski definition) is 10. The Hall–Kier alpha value is -4.35. The molecule has 1 amide bonds. The quantitative estimate of drug-likeness (QED) is 0.117. The van der Waals surface area contributed by atoms with Crippen LogP contribution in [0, 0.1) is 0 Å². The molecular weight excluding hydrogens is 570 g/mol. The molecule has 0 aromatic heterocycles. The molecular formula is C33H43NO10. The third kappa shape index (κ3) is 9.85. The van der Waals surface area contributed by atoms with Gasteiger partial charge in [-0.15, -0.1) is 0 Å². The van der Waals surface area contributed by atoms with Crippen LogP contribution >= 0.6 is 0 Å². The Kier molecular flexibility index (Phi) is 15.5. The van der Waals surface area contributed by atoms with Gasteiger partial charge in [-0.2, -0.15) is 0 Å². The Labute approximate surface area is 259 Å². The van der Waals surface area contributed by atoms with Gasteiger partial charge in [0.05, 0.1) is 39.4 Å². The number of ether oxygens (including phenoxy) is 7. The first kappa shape index (κ1) is 35.8. The second kappa shape index (κ2) is 19.0. The van der Waals surface area contributed by atoms with Crippen molar-refractivity contribution in [3.8, 4) is 23.0 Å². The van der Waals surface area contributed by atoms with Gasteiger partial charge in [-0.05, 0) is 35.7 Å². The fourth-order valence-corrected chi connectivity index (χ4v) is 4.39. The van der Waals surface area contributed by atoms with Gasteiger partial charge in [0.1, 0.15) is 24.7 Å². The van der Waals surface area contributed by atoms with E-state index in [1.54, 1.807) is 43.4 Å². The topological polar surface area (TPSA) is 119 Å². The summed E-state index contributed by atoms with van der Waals surface area (Å²) in [4.78, 5) is 41.3. The first-order valence-corrected chi connectivity index (χ1v) is 14.1. The third-order valence-electron chi connectivity index (χ3n) is 6.58. The van der Waals surface area contributed by atoms with Gasteiger partial charge in [-0.3, -0.25) is 9.59 Å². The van der Waals surface area contributed by atoms with Crippen LogP contribution in [0.4, 0.5) is 0 Å². The van der Waals surface area contributed by atoms with E-state index in [0.717, 1.165) is 0 Å². The van der Waals surface area contributed by atoms with Crippen LogP contribution in [0.2, 0.25) is 0 Å². The van der Waals surface area contributed by atoms with E-state index in [2.05, 4.69) is 17.9 Å². The number of methoxy groups -OCH3 is 4. The van der Waals surface area contributed by atoms with Crippen LogP contribution in [-0.4, -0.2) is 97.1 Å². The number of carbonyl (C=O) groups excluding carboxylic acids is 3. The Morgan fingerprint density at radius 3 is 1.98 bits per heavy atom. The summed E-state index contributed by atoms with van der Waals surface area (Å²) in [5.74, 6) is 0.00808. The second-order valence-corrected chi connectivity index (χ2v) is 9.36. The number of esters is 1. The molecule has 0 aliphatic carbocycles. The van der Waals surface area contributed by atoms with E-state index in [1.165, 1.54) is 26.4 Å². The molecule has 0 N–H and O–H groups in total. The Morgan fingerprint density at radius 2 is 1.43 bits per heavy atom. The van der Waals surface area contributed by atoms with Gasteiger partial charge in [0.2, 0.25) is 5.91 Å². The van der Waals surface area contributed by atoms with Gasteiger partial charge in [-0.25, -0.2) is 4.79 Å². The highest BCUT2D eigenvalue weighted by Crippen LogP contribution is 2.38. The van der Waals surface area contributed by atoms with E-state index in [-0.39, 0.29) is 60.5 Å². The average Bonchev–Trinajstić information content (AvgIpc) is 3.04. The summed E-state index contributed by atoms with van der Waals surface area (Å²) >= 11 is 0. The van der Waals surface area contributed by atoms with Gasteiger partial charge in [0.15, 0.2) is 23.9 Å². The zero-order valence-electron chi connectivity index (χ0n) is 26.3. The van der Waals surface area contributed by atoms with Crippen molar-refractivity contribution in [3.63, 3.8) is 0 Å². The lowest BCUT2D eigenvalue weighted by molar-refractivity contribution is -0.143. The normalized spacial score (nSPS) is 10.5. The molecule has 0 spiro atoms. The number of carbonyl (C=O) groups is 3. The van der Waals surface area contributed by atoms with Crippen LogP contribution in [0.1, 0.15) is 34.0 Å². The molecule has 0 radical (unpaired) electrons. The number of ketones is 1. The van der Waals surface area contributed by atoms with Crippen molar-refractivity contribution in [1.29, 1.82) is 0 Å². The van der Waals surface area contributed by atoms with E-state index in [4.69, 9.17) is 28.4 Å². The molecule has 2 aromatic rings. The Balaban J connectivity index is 2.74. The molecule has 0 aliphatic rings. The maximum atomic E-state index is 14.3. The van der Waals surface area contributed by atoms with E-state index < -0.39 is 11.8 Å². The predicted molar refractivity (Wildman–Crippen MR) is 165 cm³/mol. The lowest BCUT2D eigenvalue weighted by Crippen LogP contribution is -2.38. The SMILES string of the molecule is C=CCOc1cc(OCC=C)c(C(=O)c2ccc(OCC(=O)OC)c(OC)c2)c(CC(=O)N(CCOC)CCOC)c1CC. The van der Waals surface area contributed by atoms with Gasteiger partial charge in [0.25, 0.3) is 0 Å². The van der Waals surface area contributed by atoms with Crippen molar-refractivity contribution < 1.29 is 47.5 Å². The van der Waals surface area contributed by atoms with Gasteiger partial charge >= 0.3 is 5.97 Å². The summed E-state index contributed by atoms with van der Waals surface area (Å²) in [6, 6.07) is 6.25. The fourth-order valence-electron chi connectivity index (χ4n) is 4.39. The van der Waals surface area contributed by atoms with Crippen molar-refractivity contribution >= 4 is 17.7 Å². The molecule has 0 bridgehead atoms. The summed E-state index contributed by atoms with van der Waals surface area (Å²) in [5, 5.41) is 0. The minimum absolute atomic E-state index is 0.106. The van der Waals surface area contributed by atoms with Crippen molar-refractivity contribution in [3.05, 3.63) is 71.8 Å². The molecule has 0 saturated heterocycles. The van der Waals surface area contributed by atoms with E-state index in [0.29, 0.717) is 49.6 Å². The van der Waals surface area contributed by atoms with Crippen LogP contribution in [0.15, 0.2) is 49.6 Å². The maximum Gasteiger partial charge on any atom is 0.343 e. The molecule has 0 aliphatic heterocycles.